The molecule has 0 atom stereocenters. The Morgan fingerprint density at radius 2 is 2.06 bits per heavy atom. The van der Waals surface area contributed by atoms with E-state index < -0.39 is 0 Å². The molecule has 0 aliphatic rings. The molecule has 0 saturated carbocycles. The zero-order valence-electron chi connectivity index (χ0n) is 10.2. The van der Waals surface area contributed by atoms with E-state index in [-0.39, 0.29) is 18.0 Å². The summed E-state index contributed by atoms with van der Waals surface area (Å²) >= 11 is 0. The van der Waals surface area contributed by atoms with Gasteiger partial charge in [-0.2, -0.15) is 0 Å². The number of aryl methyl sites for hydroxylation is 1. The van der Waals surface area contributed by atoms with E-state index in [1.165, 1.54) is 12.1 Å². The molecular formula is C13H20FNO. The van der Waals surface area contributed by atoms with Gasteiger partial charge in [0.25, 0.3) is 0 Å². The van der Waals surface area contributed by atoms with E-state index in [4.69, 9.17) is 5.11 Å². The fourth-order valence-electron chi connectivity index (χ4n) is 1.56. The maximum Gasteiger partial charge on any atom is 0.123 e. The second-order valence-corrected chi connectivity index (χ2v) is 4.78. The molecule has 0 amide bonds. The Morgan fingerprint density at radius 3 is 2.62 bits per heavy atom. The zero-order chi connectivity index (χ0) is 12.2. The fourth-order valence-corrected chi connectivity index (χ4v) is 1.56. The van der Waals surface area contributed by atoms with Crippen LogP contribution in [-0.2, 0) is 6.54 Å². The number of halogens is 1. The van der Waals surface area contributed by atoms with Crippen LogP contribution in [-0.4, -0.2) is 17.3 Å². The summed E-state index contributed by atoms with van der Waals surface area (Å²) in [4.78, 5) is 0. The smallest absolute Gasteiger partial charge is 0.123 e. The van der Waals surface area contributed by atoms with E-state index in [1.807, 2.05) is 20.8 Å². The van der Waals surface area contributed by atoms with Crippen LogP contribution in [0.2, 0.25) is 0 Å². The minimum absolute atomic E-state index is 0.102. The number of hydrogen-bond donors (Lipinski definition) is 2. The standard InChI is InChI=1S/C13H20FNO/c1-10-8-12(14)5-4-11(10)9-15-13(2,3)6-7-16/h4-5,8,15-16H,6-7,9H2,1-3H3. The number of aliphatic hydroxyl groups excluding tert-OH is 1. The molecule has 0 bridgehead atoms. The second kappa shape index (κ2) is 5.41. The Bertz CT molecular complexity index is 350. The maximum atomic E-state index is 12.9. The van der Waals surface area contributed by atoms with Crippen molar-refractivity contribution in [2.24, 2.45) is 0 Å². The molecular weight excluding hydrogens is 205 g/mol. The first-order chi connectivity index (χ1) is 7.44. The van der Waals surface area contributed by atoms with Gasteiger partial charge in [-0.1, -0.05) is 6.07 Å². The average Bonchev–Trinajstić information content (AvgIpc) is 2.16. The molecule has 0 aromatic heterocycles. The molecule has 1 aromatic rings. The van der Waals surface area contributed by atoms with Gasteiger partial charge in [-0.15, -0.1) is 0 Å². The van der Waals surface area contributed by atoms with Crippen molar-refractivity contribution in [2.45, 2.75) is 39.3 Å². The summed E-state index contributed by atoms with van der Waals surface area (Å²) in [5, 5.41) is 12.3. The Balaban J connectivity index is 2.61. The van der Waals surface area contributed by atoms with Crippen LogP contribution in [0.15, 0.2) is 18.2 Å². The van der Waals surface area contributed by atoms with Crippen molar-refractivity contribution in [1.82, 2.24) is 5.32 Å². The molecule has 3 heteroatoms. The van der Waals surface area contributed by atoms with Crippen molar-refractivity contribution in [3.05, 3.63) is 35.1 Å². The topological polar surface area (TPSA) is 32.3 Å². The predicted octanol–water partition coefficient (Wildman–Crippen LogP) is 2.38. The lowest BCUT2D eigenvalue weighted by molar-refractivity contribution is 0.230. The molecule has 1 aromatic carbocycles. The lowest BCUT2D eigenvalue weighted by Crippen LogP contribution is -2.39. The van der Waals surface area contributed by atoms with Crippen LogP contribution in [0.5, 0.6) is 0 Å². The maximum absolute atomic E-state index is 12.9. The number of benzene rings is 1. The van der Waals surface area contributed by atoms with Crippen molar-refractivity contribution < 1.29 is 9.50 Å². The van der Waals surface area contributed by atoms with E-state index in [0.29, 0.717) is 13.0 Å². The molecule has 0 radical (unpaired) electrons. The van der Waals surface area contributed by atoms with Gasteiger partial charge in [0.15, 0.2) is 0 Å². The third-order valence-corrected chi connectivity index (χ3v) is 2.80. The summed E-state index contributed by atoms with van der Waals surface area (Å²) in [5.41, 5.74) is 1.94. The van der Waals surface area contributed by atoms with Gasteiger partial charge >= 0.3 is 0 Å². The SMILES string of the molecule is Cc1cc(F)ccc1CNC(C)(C)CCO. The molecule has 90 valence electrons. The summed E-state index contributed by atoms with van der Waals surface area (Å²) in [6, 6.07) is 4.81. The zero-order valence-corrected chi connectivity index (χ0v) is 10.2. The molecule has 2 nitrogen and oxygen atoms in total. The molecule has 16 heavy (non-hydrogen) atoms. The van der Waals surface area contributed by atoms with Crippen molar-refractivity contribution in [2.75, 3.05) is 6.61 Å². The first kappa shape index (κ1) is 13.1. The summed E-state index contributed by atoms with van der Waals surface area (Å²) in [6.07, 6.45) is 0.702. The van der Waals surface area contributed by atoms with Crippen LogP contribution in [0.4, 0.5) is 4.39 Å². The monoisotopic (exact) mass is 225 g/mol. The molecule has 0 unspecified atom stereocenters. The molecule has 0 spiro atoms. The molecule has 0 aliphatic heterocycles. The molecule has 0 saturated heterocycles. The second-order valence-electron chi connectivity index (χ2n) is 4.78. The van der Waals surface area contributed by atoms with Crippen molar-refractivity contribution in [3.8, 4) is 0 Å². The van der Waals surface area contributed by atoms with E-state index in [2.05, 4.69) is 5.32 Å². The fraction of sp³-hybridized carbons (Fsp3) is 0.538. The number of rotatable bonds is 5. The van der Waals surface area contributed by atoms with Gasteiger partial charge in [-0.25, -0.2) is 4.39 Å². The Hall–Kier alpha value is -0.930. The van der Waals surface area contributed by atoms with Crippen LogP contribution >= 0.6 is 0 Å². The van der Waals surface area contributed by atoms with Crippen molar-refractivity contribution >= 4 is 0 Å². The normalized spacial score (nSPS) is 11.8. The van der Waals surface area contributed by atoms with Gasteiger partial charge in [-0.3, -0.25) is 0 Å². The summed E-state index contributed by atoms with van der Waals surface area (Å²) in [6.45, 7) is 6.85. The number of aliphatic hydroxyl groups is 1. The highest BCUT2D eigenvalue weighted by Crippen LogP contribution is 2.13. The molecule has 1 rings (SSSR count). The lowest BCUT2D eigenvalue weighted by atomic mass is 10.00. The van der Waals surface area contributed by atoms with Crippen LogP contribution < -0.4 is 5.32 Å². The Labute approximate surface area is 96.5 Å². The number of hydrogen-bond acceptors (Lipinski definition) is 2. The van der Waals surface area contributed by atoms with Gasteiger partial charge in [0.05, 0.1) is 0 Å². The Morgan fingerprint density at radius 1 is 1.38 bits per heavy atom. The van der Waals surface area contributed by atoms with Crippen molar-refractivity contribution in [1.29, 1.82) is 0 Å². The summed E-state index contributed by atoms with van der Waals surface area (Å²) in [5.74, 6) is -0.198. The highest BCUT2D eigenvalue weighted by Gasteiger charge is 2.16. The summed E-state index contributed by atoms with van der Waals surface area (Å²) in [7, 11) is 0. The average molecular weight is 225 g/mol. The van der Waals surface area contributed by atoms with E-state index >= 15 is 0 Å². The van der Waals surface area contributed by atoms with E-state index in [0.717, 1.165) is 11.1 Å². The minimum Gasteiger partial charge on any atom is -0.396 e. The number of nitrogens with one attached hydrogen (secondary N) is 1. The molecule has 2 N–H and O–H groups in total. The van der Waals surface area contributed by atoms with Gasteiger partial charge in [0, 0.05) is 18.7 Å². The highest BCUT2D eigenvalue weighted by atomic mass is 19.1. The van der Waals surface area contributed by atoms with E-state index in [9.17, 15) is 4.39 Å². The van der Waals surface area contributed by atoms with Gasteiger partial charge < -0.3 is 10.4 Å². The highest BCUT2D eigenvalue weighted by molar-refractivity contribution is 5.26. The largest absolute Gasteiger partial charge is 0.396 e. The quantitative estimate of drug-likeness (QED) is 0.806. The van der Waals surface area contributed by atoms with Crippen LogP contribution in [0, 0.1) is 12.7 Å². The van der Waals surface area contributed by atoms with Gasteiger partial charge in [0.2, 0.25) is 0 Å². The minimum atomic E-state index is -0.198. The van der Waals surface area contributed by atoms with E-state index in [1.54, 1.807) is 6.07 Å². The Kier molecular flexibility index (Phi) is 4.44. The lowest BCUT2D eigenvalue weighted by Gasteiger charge is -2.26. The van der Waals surface area contributed by atoms with Crippen LogP contribution in [0.25, 0.3) is 0 Å². The first-order valence-electron chi connectivity index (χ1n) is 5.55. The molecule has 0 heterocycles. The third kappa shape index (κ3) is 3.91. The molecule has 0 fully saturated rings. The van der Waals surface area contributed by atoms with Crippen LogP contribution in [0.3, 0.4) is 0 Å². The predicted molar refractivity (Wildman–Crippen MR) is 63.8 cm³/mol. The van der Waals surface area contributed by atoms with Gasteiger partial charge in [-0.05, 0) is 50.5 Å². The van der Waals surface area contributed by atoms with Crippen molar-refractivity contribution in [3.63, 3.8) is 0 Å². The van der Waals surface area contributed by atoms with Crippen LogP contribution in [0.1, 0.15) is 31.4 Å². The molecule has 0 aliphatic carbocycles. The summed E-state index contributed by atoms with van der Waals surface area (Å²) < 4.78 is 12.9. The van der Waals surface area contributed by atoms with Gasteiger partial charge in [0.1, 0.15) is 5.82 Å². The first-order valence-corrected chi connectivity index (χ1v) is 5.55. The third-order valence-electron chi connectivity index (χ3n) is 2.80.